The Balaban J connectivity index is 1.81. The largest absolute Gasteiger partial charge is 0.481 e. The van der Waals surface area contributed by atoms with Crippen LogP contribution in [0.2, 0.25) is 0 Å². The summed E-state index contributed by atoms with van der Waals surface area (Å²) in [7, 11) is 0. The molecule has 4 N–H and O–H groups in total. The molecular formula is C15H24N2O4. The fourth-order valence-electron chi connectivity index (χ4n) is 3.87. The van der Waals surface area contributed by atoms with E-state index in [4.69, 9.17) is 10.8 Å². The highest BCUT2D eigenvalue weighted by Crippen LogP contribution is 2.55. The molecule has 0 spiro atoms. The number of hydrogen-bond donors (Lipinski definition) is 3. The van der Waals surface area contributed by atoms with E-state index in [9.17, 15) is 14.4 Å². The third-order valence-corrected chi connectivity index (χ3v) is 4.99. The molecule has 0 aliphatic heterocycles. The highest BCUT2D eigenvalue weighted by molar-refractivity contribution is 5.94. The Labute approximate surface area is 124 Å². The van der Waals surface area contributed by atoms with Crippen LogP contribution in [0.3, 0.4) is 0 Å². The summed E-state index contributed by atoms with van der Waals surface area (Å²) in [5.74, 6) is -0.892. The minimum Gasteiger partial charge on any atom is -0.481 e. The van der Waals surface area contributed by atoms with E-state index in [0.29, 0.717) is 6.42 Å². The highest BCUT2D eigenvalue weighted by atomic mass is 16.4. The lowest BCUT2D eigenvalue weighted by atomic mass is 9.81. The number of carboxylic acids is 1. The molecule has 2 rings (SSSR count). The minimum absolute atomic E-state index is 0.124. The number of nitrogens with one attached hydrogen (secondary N) is 1. The van der Waals surface area contributed by atoms with Crippen LogP contribution in [0.1, 0.15) is 51.9 Å². The molecule has 118 valence electrons. The number of amides is 1. The lowest BCUT2D eigenvalue weighted by molar-refractivity contribution is -0.139. The zero-order chi connectivity index (χ0) is 15.6. The molecule has 0 aromatic carbocycles. The van der Waals surface area contributed by atoms with Crippen molar-refractivity contribution in [3.63, 3.8) is 0 Å². The summed E-state index contributed by atoms with van der Waals surface area (Å²) in [6.07, 6.45) is 5.82. The number of ketones is 1. The topological polar surface area (TPSA) is 109 Å². The smallest absolute Gasteiger partial charge is 0.305 e. The molecule has 2 saturated carbocycles. The molecule has 0 saturated heterocycles. The normalized spacial score (nSPS) is 29.9. The van der Waals surface area contributed by atoms with Crippen molar-refractivity contribution in [2.75, 3.05) is 0 Å². The maximum absolute atomic E-state index is 12.1. The molecule has 2 bridgehead atoms. The second-order valence-corrected chi connectivity index (χ2v) is 6.72. The number of rotatable bonds is 7. The van der Waals surface area contributed by atoms with Crippen LogP contribution in [0.15, 0.2) is 0 Å². The van der Waals surface area contributed by atoms with Gasteiger partial charge < -0.3 is 16.2 Å². The Hall–Kier alpha value is -1.43. The van der Waals surface area contributed by atoms with Crippen LogP contribution < -0.4 is 11.1 Å². The summed E-state index contributed by atoms with van der Waals surface area (Å²) in [4.78, 5) is 34.6. The van der Waals surface area contributed by atoms with Gasteiger partial charge in [-0.05, 0) is 50.4 Å². The molecule has 2 aliphatic rings. The number of carbonyl (C=O) groups is 3. The standard InChI is InChI=1S/C15H24N2O4/c1-9(14(21)11(16)6-13(19)20)17-12(18)8-15-4-2-10(7-15)3-5-15/h9-11H,2-8,16H2,1H3,(H,17,18)(H,19,20)/t9-,10?,11?,15?/m0/s1. The Morgan fingerprint density at radius 2 is 1.95 bits per heavy atom. The first-order valence-corrected chi connectivity index (χ1v) is 7.62. The quantitative estimate of drug-likeness (QED) is 0.644. The minimum atomic E-state index is -1.11. The van der Waals surface area contributed by atoms with Gasteiger partial charge in [-0.2, -0.15) is 0 Å². The van der Waals surface area contributed by atoms with Crippen molar-refractivity contribution >= 4 is 17.7 Å². The molecule has 6 nitrogen and oxygen atoms in total. The van der Waals surface area contributed by atoms with Gasteiger partial charge >= 0.3 is 5.97 Å². The average Bonchev–Trinajstić information content (AvgIpc) is 2.96. The number of hydrogen-bond acceptors (Lipinski definition) is 4. The van der Waals surface area contributed by atoms with Crippen molar-refractivity contribution in [3.05, 3.63) is 0 Å². The number of nitrogens with two attached hydrogens (primary N) is 1. The third kappa shape index (κ3) is 3.81. The van der Waals surface area contributed by atoms with Gasteiger partial charge in [-0.15, -0.1) is 0 Å². The predicted octanol–water partition coefficient (Wildman–Crippen LogP) is 0.833. The fraction of sp³-hybridized carbons (Fsp3) is 0.800. The molecule has 0 heterocycles. The van der Waals surface area contributed by atoms with Gasteiger partial charge in [0.2, 0.25) is 5.91 Å². The van der Waals surface area contributed by atoms with Crippen molar-refractivity contribution in [3.8, 4) is 0 Å². The van der Waals surface area contributed by atoms with E-state index < -0.39 is 30.3 Å². The molecule has 2 aliphatic carbocycles. The Kier molecular flexibility index (Phi) is 4.66. The Morgan fingerprint density at radius 3 is 2.43 bits per heavy atom. The van der Waals surface area contributed by atoms with Gasteiger partial charge in [-0.3, -0.25) is 14.4 Å². The van der Waals surface area contributed by atoms with Gasteiger partial charge in [0.05, 0.1) is 18.5 Å². The SMILES string of the molecule is C[C@H](NC(=O)CC12CCC(CC1)C2)C(=O)C(N)CC(=O)O. The van der Waals surface area contributed by atoms with Crippen molar-refractivity contribution in [1.82, 2.24) is 5.32 Å². The van der Waals surface area contributed by atoms with Gasteiger partial charge in [-0.25, -0.2) is 0 Å². The van der Waals surface area contributed by atoms with E-state index in [1.807, 2.05) is 0 Å². The summed E-state index contributed by atoms with van der Waals surface area (Å²) in [5.41, 5.74) is 5.68. The molecule has 2 fully saturated rings. The molecule has 0 aromatic rings. The van der Waals surface area contributed by atoms with Gasteiger partial charge in [0.15, 0.2) is 5.78 Å². The van der Waals surface area contributed by atoms with Crippen molar-refractivity contribution < 1.29 is 19.5 Å². The Bertz CT molecular complexity index is 441. The molecule has 21 heavy (non-hydrogen) atoms. The van der Waals surface area contributed by atoms with Gasteiger partial charge in [0.25, 0.3) is 0 Å². The zero-order valence-electron chi connectivity index (χ0n) is 12.4. The first-order valence-electron chi connectivity index (χ1n) is 7.62. The van der Waals surface area contributed by atoms with E-state index in [0.717, 1.165) is 25.2 Å². The second kappa shape index (κ2) is 6.13. The first kappa shape index (κ1) is 15.9. The van der Waals surface area contributed by atoms with Crippen LogP contribution >= 0.6 is 0 Å². The van der Waals surface area contributed by atoms with E-state index in [1.54, 1.807) is 6.92 Å². The van der Waals surface area contributed by atoms with Gasteiger partial charge in [-0.1, -0.05) is 0 Å². The van der Waals surface area contributed by atoms with Crippen LogP contribution in [-0.4, -0.2) is 34.8 Å². The van der Waals surface area contributed by atoms with Crippen molar-refractivity contribution in [2.45, 2.75) is 64.0 Å². The Morgan fingerprint density at radius 1 is 1.33 bits per heavy atom. The van der Waals surface area contributed by atoms with E-state index >= 15 is 0 Å². The van der Waals surface area contributed by atoms with Crippen molar-refractivity contribution in [1.29, 1.82) is 0 Å². The molecule has 0 radical (unpaired) electrons. The first-order chi connectivity index (χ1) is 9.81. The maximum atomic E-state index is 12.1. The summed E-state index contributed by atoms with van der Waals surface area (Å²) in [6, 6.07) is -1.81. The number of aliphatic carboxylic acids is 1. The maximum Gasteiger partial charge on any atom is 0.305 e. The van der Waals surface area contributed by atoms with Crippen LogP contribution in [0.5, 0.6) is 0 Å². The number of fused-ring (bicyclic) bond motifs is 2. The number of Topliss-reactive ketones (excluding diaryl/α,β-unsaturated/α-hetero) is 1. The molecule has 2 atom stereocenters. The van der Waals surface area contributed by atoms with Crippen LogP contribution in [0.4, 0.5) is 0 Å². The van der Waals surface area contributed by atoms with Crippen molar-refractivity contribution in [2.24, 2.45) is 17.1 Å². The third-order valence-electron chi connectivity index (χ3n) is 4.99. The van der Waals surface area contributed by atoms with Crippen LogP contribution in [-0.2, 0) is 14.4 Å². The van der Waals surface area contributed by atoms with E-state index in [-0.39, 0.29) is 11.3 Å². The predicted molar refractivity (Wildman–Crippen MR) is 76.5 cm³/mol. The summed E-state index contributed by atoms with van der Waals surface area (Å²) >= 11 is 0. The molecule has 0 aromatic heterocycles. The fourth-order valence-corrected chi connectivity index (χ4v) is 3.87. The molecule has 1 unspecified atom stereocenters. The van der Waals surface area contributed by atoms with Crippen LogP contribution in [0.25, 0.3) is 0 Å². The molecule has 1 amide bonds. The monoisotopic (exact) mass is 296 g/mol. The lowest BCUT2D eigenvalue weighted by Gasteiger charge is -2.26. The summed E-state index contributed by atoms with van der Waals surface area (Å²) in [5, 5.41) is 11.3. The van der Waals surface area contributed by atoms with Crippen LogP contribution in [0, 0.1) is 11.3 Å². The summed E-state index contributed by atoms with van der Waals surface area (Å²) < 4.78 is 0. The zero-order valence-corrected chi connectivity index (χ0v) is 12.4. The summed E-state index contributed by atoms with van der Waals surface area (Å²) in [6.45, 7) is 1.56. The molecular weight excluding hydrogens is 272 g/mol. The van der Waals surface area contributed by atoms with Gasteiger partial charge in [0, 0.05) is 6.42 Å². The number of carbonyl (C=O) groups excluding carboxylic acids is 2. The molecule has 6 heteroatoms. The number of carboxylic acid groups (broad SMARTS) is 1. The average molecular weight is 296 g/mol. The van der Waals surface area contributed by atoms with Gasteiger partial charge in [0.1, 0.15) is 0 Å². The van der Waals surface area contributed by atoms with E-state index in [2.05, 4.69) is 5.32 Å². The second-order valence-electron chi connectivity index (χ2n) is 6.72. The van der Waals surface area contributed by atoms with E-state index in [1.165, 1.54) is 12.8 Å². The highest BCUT2D eigenvalue weighted by Gasteiger charge is 2.45. The lowest BCUT2D eigenvalue weighted by Crippen LogP contribution is -2.47.